The summed E-state index contributed by atoms with van der Waals surface area (Å²) in [6.07, 6.45) is 0.0765. The highest BCUT2D eigenvalue weighted by atomic mass is 35.5. The van der Waals surface area contributed by atoms with Crippen LogP contribution in [-0.2, 0) is 16.0 Å². The first-order valence-electron chi connectivity index (χ1n) is 11.3. The number of nitrogens with one attached hydrogen (secondary N) is 2. The number of sulfone groups is 1. The molecule has 0 radical (unpaired) electrons. The van der Waals surface area contributed by atoms with E-state index in [0.717, 1.165) is 12.5 Å². The normalized spacial score (nSPS) is 14.3. The maximum Gasteiger partial charge on any atom is 0.434 e. The molecule has 1 aliphatic rings. The Morgan fingerprint density at radius 2 is 1.74 bits per heavy atom. The number of halogens is 4. The number of carbonyl (C=O) groups is 1. The first-order valence-corrected chi connectivity index (χ1v) is 13.6. The molecule has 1 aromatic heterocycles. The fourth-order valence-corrected chi connectivity index (χ4v) is 4.27. The van der Waals surface area contributed by atoms with E-state index in [2.05, 4.69) is 22.5 Å². The van der Waals surface area contributed by atoms with E-state index in [9.17, 15) is 26.4 Å². The van der Waals surface area contributed by atoms with Crippen LogP contribution in [0.2, 0.25) is 5.02 Å². The smallest absolute Gasteiger partial charge is 0.309 e. The first kappa shape index (κ1) is 28.1. The predicted octanol–water partition coefficient (Wildman–Crippen LogP) is 5.37. The van der Waals surface area contributed by atoms with Crippen LogP contribution in [0.5, 0.6) is 0 Å². The Morgan fingerprint density at radius 3 is 2.33 bits per heavy atom. The standard InChI is InChI=1S/C26H23ClF3N5O3S/c1-15(11-16(2)39(4,37)38)19-7-10-21(34-14-24(26(28,29)30)32-17(34)3)22(12-19)35-23(13-31-33-35)25(36)18-5-8-20(27)9-6-18/h5-14,31,33H,1H2,2-4H3/b16-11+. The topological polar surface area (TPSA) is 96.3 Å². The molecular weight excluding hydrogens is 555 g/mol. The molecule has 0 amide bonds. The quantitative estimate of drug-likeness (QED) is 0.288. The van der Waals surface area contributed by atoms with Gasteiger partial charge in [-0.1, -0.05) is 24.2 Å². The van der Waals surface area contributed by atoms with Gasteiger partial charge in [0.25, 0.3) is 0 Å². The molecular formula is C26H23ClF3N5O3S. The molecule has 0 saturated carbocycles. The van der Waals surface area contributed by atoms with Crippen molar-refractivity contribution < 1.29 is 26.4 Å². The van der Waals surface area contributed by atoms with Crippen LogP contribution in [-0.4, -0.2) is 30.0 Å². The van der Waals surface area contributed by atoms with Crippen molar-refractivity contribution in [3.63, 3.8) is 0 Å². The Kier molecular flexibility index (Phi) is 7.48. The van der Waals surface area contributed by atoms with E-state index in [1.54, 1.807) is 42.5 Å². The summed E-state index contributed by atoms with van der Waals surface area (Å²) >= 11 is 5.95. The monoisotopic (exact) mass is 577 g/mol. The summed E-state index contributed by atoms with van der Waals surface area (Å²) in [6, 6.07) is 10.9. The van der Waals surface area contributed by atoms with Gasteiger partial charge in [0.2, 0.25) is 5.78 Å². The molecule has 0 aliphatic carbocycles. The number of hydrogen-bond acceptors (Lipinski definition) is 7. The van der Waals surface area contributed by atoms with E-state index < -0.39 is 27.5 Å². The molecule has 204 valence electrons. The van der Waals surface area contributed by atoms with Gasteiger partial charge in [0.05, 0.1) is 11.4 Å². The molecule has 2 N–H and O–H groups in total. The molecule has 39 heavy (non-hydrogen) atoms. The van der Waals surface area contributed by atoms with Crippen molar-refractivity contribution >= 4 is 38.5 Å². The number of nitrogens with zero attached hydrogens (tertiary/aromatic N) is 3. The second-order valence-corrected chi connectivity index (χ2v) is 11.4. The van der Waals surface area contributed by atoms with Gasteiger partial charge in [0, 0.05) is 34.1 Å². The highest BCUT2D eigenvalue weighted by molar-refractivity contribution is 7.94. The SMILES string of the molecule is C=C(/C=C(\C)S(C)(=O)=O)c1ccc(-n2cc(C(F)(F)F)nc2C)c(N2NNC=C2C(=O)c2ccc(Cl)cc2)c1. The molecule has 0 atom stereocenters. The number of allylic oxidation sites excluding steroid dienone is 4. The summed E-state index contributed by atoms with van der Waals surface area (Å²) in [5.41, 5.74) is 6.32. The minimum atomic E-state index is -4.67. The minimum Gasteiger partial charge on any atom is -0.309 e. The molecule has 3 aromatic rings. The Bertz CT molecular complexity index is 1640. The van der Waals surface area contributed by atoms with E-state index in [1.165, 1.54) is 35.7 Å². The molecule has 2 heterocycles. The fraction of sp³-hybridized carbons (Fsp3) is 0.154. The average Bonchev–Trinajstić information content (AvgIpc) is 3.50. The zero-order valence-corrected chi connectivity index (χ0v) is 22.5. The molecule has 0 spiro atoms. The summed E-state index contributed by atoms with van der Waals surface area (Å²) in [6.45, 7) is 6.81. The van der Waals surface area contributed by atoms with Gasteiger partial charge in [-0.3, -0.25) is 9.80 Å². The number of imidazole rings is 1. The van der Waals surface area contributed by atoms with Crippen molar-refractivity contribution in [1.82, 2.24) is 20.5 Å². The number of alkyl halides is 3. The second kappa shape index (κ2) is 10.4. The van der Waals surface area contributed by atoms with Crippen molar-refractivity contribution in [1.29, 1.82) is 0 Å². The van der Waals surface area contributed by atoms with Gasteiger partial charge in [-0.05, 0) is 67.5 Å². The summed E-state index contributed by atoms with van der Waals surface area (Å²) in [5.74, 6) is -0.338. The number of carbonyl (C=O) groups excluding carboxylic acids is 1. The van der Waals surface area contributed by atoms with Gasteiger partial charge < -0.3 is 9.99 Å². The Balaban J connectivity index is 1.86. The van der Waals surface area contributed by atoms with Crippen LogP contribution in [0.3, 0.4) is 0 Å². The van der Waals surface area contributed by atoms with E-state index >= 15 is 0 Å². The number of rotatable bonds is 7. The lowest BCUT2D eigenvalue weighted by Crippen LogP contribution is -2.39. The van der Waals surface area contributed by atoms with Crippen molar-refractivity contribution in [2.75, 3.05) is 11.3 Å². The van der Waals surface area contributed by atoms with Gasteiger partial charge in [-0.25, -0.2) is 13.4 Å². The third kappa shape index (κ3) is 5.92. The molecule has 13 heteroatoms. The van der Waals surface area contributed by atoms with Crippen LogP contribution < -0.4 is 16.0 Å². The number of hydrazine groups is 2. The summed E-state index contributed by atoms with van der Waals surface area (Å²) in [5, 5.41) is 1.82. The van der Waals surface area contributed by atoms with Gasteiger partial charge >= 0.3 is 6.18 Å². The fourth-order valence-electron chi connectivity index (χ4n) is 3.79. The number of Topliss-reactive ketones (excluding diaryl/α,β-unsaturated/α-hetero) is 1. The van der Waals surface area contributed by atoms with Gasteiger partial charge in [-0.15, -0.1) is 5.53 Å². The van der Waals surface area contributed by atoms with Crippen molar-refractivity contribution in [2.24, 2.45) is 0 Å². The number of anilines is 1. The third-order valence-electron chi connectivity index (χ3n) is 5.95. The lowest BCUT2D eigenvalue weighted by Gasteiger charge is -2.25. The van der Waals surface area contributed by atoms with Crippen LogP contribution >= 0.6 is 11.6 Å². The molecule has 0 unspecified atom stereocenters. The summed E-state index contributed by atoms with van der Waals surface area (Å²) in [7, 11) is -3.47. The highest BCUT2D eigenvalue weighted by Gasteiger charge is 2.35. The Hall–Kier alpha value is -3.87. The van der Waals surface area contributed by atoms with Gasteiger partial charge in [0.15, 0.2) is 15.5 Å². The second-order valence-electron chi connectivity index (χ2n) is 8.75. The summed E-state index contributed by atoms with van der Waals surface area (Å²) in [4.78, 5) is 17.1. The van der Waals surface area contributed by atoms with Crippen LogP contribution in [0.15, 0.2) is 78.1 Å². The van der Waals surface area contributed by atoms with E-state index in [-0.39, 0.29) is 27.8 Å². The highest BCUT2D eigenvalue weighted by Crippen LogP contribution is 2.35. The largest absolute Gasteiger partial charge is 0.434 e. The van der Waals surface area contributed by atoms with Crippen LogP contribution in [0.4, 0.5) is 18.9 Å². The number of hydrogen-bond donors (Lipinski definition) is 2. The molecule has 0 bridgehead atoms. The van der Waals surface area contributed by atoms with Gasteiger partial charge in [0.1, 0.15) is 11.5 Å². The molecule has 2 aromatic carbocycles. The van der Waals surface area contributed by atoms with E-state index in [1.807, 2.05) is 0 Å². The van der Waals surface area contributed by atoms with Crippen molar-refractivity contribution in [3.05, 3.63) is 106 Å². The van der Waals surface area contributed by atoms with Crippen LogP contribution in [0.1, 0.15) is 34.4 Å². The zero-order chi connectivity index (χ0) is 28.7. The van der Waals surface area contributed by atoms with Crippen LogP contribution in [0.25, 0.3) is 11.3 Å². The Labute approximate surface area is 228 Å². The molecule has 4 rings (SSSR count). The van der Waals surface area contributed by atoms with Gasteiger partial charge in [-0.2, -0.15) is 13.2 Å². The molecule has 8 nitrogen and oxygen atoms in total. The number of aryl methyl sites for hydroxylation is 1. The lowest BCUT2D eigenvalue weighted by molar-refractivity contribution is -0.141. The zero-order valence-electron chi connectivity index (χ0n) is 21.0. The minimum absolute atomic E-state index is 0.0599. The third-order valence-corrected chi connectivity index (χ3v) is 7.49. The van der Waals surface area contributed by atoms with Crippen molar-refractivity contribution in [3.8, 4) is 5.69 Å². The maximum atomic E-state index is 13.4. The molecule has 1 aliphatic heterocycles. The molecule has 0 fully saturated rings. The summed E-state index contributed by atoms with van der Waals surface area (Å²) < 4.78 is 65.4. The molecule has 0 saturated heterocycles. The van der Waals surface area contributed by atoms with E-state index in [4.69, 9.17) is 11.6 Å². The maximum absolute atomic E-state index is 13.4. The van der Waals surface area contributed by atoms with E-state index in [0.29, 0.717) is 21.7 Å². The number of aromatic nitrogens is 2. The lowest BCUT2D eigenvalue weighted by atomic mass is 10.0. The van der Waals surface area contributed by atoms with Crippen molar-refractivity contribution in [2.45, 2.75) is 20.0 Å². The first-order chi connectivity index (χ1) is 18.2. The van der Waals surface area contributed by atoms with Crippen LogP contribution in [0, 0.1) is 6.92 Å². The number of benzene rings is 2. The Morgan fingerprint density at radius 1 is 1.10 bits per heavy atom. The average molecular weight is 578 g/mol. The predicted molar refractivity (Wildman–Crippen MR) is 144 cm³/mol. The number of ketones is 1.